The molecule has 2 aromatic carbocycles. The molecule has 8 nitrogen and oxygen atoms in total. The number of fused-ring (bicyclic) bond motifs is 4. The third-order valence-electron chi connectivity index (χ3n) is 9.35. The van der Waals surface area contributed by atoms with Crippen molar-refractivity contribution in [2.45, 2.75) is 89.8 Å². The fourth-order valence-corrected chi connectivity index (χ4v) is 6.68. The van der Waals surface area contributed by atoms with Crippen LogP contribution in [-0.4, -0.2) is 21.4 Å². The molecule has 2 N–H and O–H groups in total. The maximum absolute atomic E-state index is 14.2. The lowest BCUT2D eigenvalue weighted by Gasteiger charge is -2.41. The van der Waals surface area contributed by atoms with Crippen LogP contribution < -0.4 is 20.7 Å². The van der Waals surface area contributed by atoms with Crippen molar-refractivity contribution < 1.29 is 28.5 Å². The number of aromatic hydroxyl groups is 2. The first-order valence-electron chi connectivity index (χ1n) is 15.4. The van der Waals surface area contributed by atoms with E-state index in [2.05, 4.69) is 13.2 Å². The molecule has 2 aromatic heterocycles. The molecule has 6 rings (SSSR count). The molecule has 4 aromatic rings. The number of hydrogen-bond acceptors (Lipinski definition) is 8. The van der Waals surface area contributed by atoms with Crippen LogP contribution in [0.15, 0.2) is 68.0 Å². The van der Waals surface area contributed by atoms with E-state index in [1.807, 2.05) is 67.5 Å². The van der Waals surface area contributed by atoms with E-state index in [0.29, 0.717) is 50.9 Å². The second-order valence-corrected chi connectivity index (χ2v) is 14.7. The predicted octanol–water partition coefficient (Wildman–Crippen LogP) is 8.12. The van der Waals surface area contributed by atoms with Crippen molar-refractivity contribution in [3.8, 4) is 23.0 Å². The Kier molecular flexibility index (Phi) is 6.72. The van der Waals surface area contributed by atoms with E-state index < -0.39 is 39.2 Å². The van der Waals surface area contributed by atoms with Crippen molar-refractivity contribution in [2.24, 2.45) is 0 Å². The Labute approximate surface area is 267 Å². The molecule has 0 fully saturated rings. The first-order valence-corrected chi connectivity index (χ1v) is 15.4. The van der Waals surface area contributed by atoms with Gasteiger partial charge in [-0.1, -0.05) is 39.8 Å². The van der Waals surface area contributed by atoms with Gasteiger partial charge in [-0.15, -0.1) is 13.2 Å². The summed E-state index contributed by atoms with van der Waals surface area (Å²) in [5.74, 6) is -0.231. The quantitative estimate of drug-likeness (QED) is 0.169. The van der Waals surface area contributed by atoms with Crippen LogP contribution in [-0.2, 0) is 10.8 Å². The highest BCUT2D eigenvalue weighted by atomic mass is 16.5. The van der Waals surface area contributed by atoms with Crippen LogP contribution in [0.2, 0.25) is 0 Å². The minimum atomic E-state index is -0.823. The Bertz CT molecular complexity index is 2130. The average Bonchev–Trinajstić information content (AvgIpc) is 2.95. The third kappa shape index (κ3) is 4.65. The van der Waals surface area contributed by atoms with Crippen molar-refractivity contribution in [1.82, 2.24) is 0 Å². The van der Waals surface area contributed by atoms with Crippen molar-refractivity contribution in [3.05, 3.63) is 98.2 Å². The van der Waals surface area contributed by atoms with Gasteiger partial charge in [-0.25, -0.2) is 9.59 Å². The van der Waals surface area contributed by atoms with E-state index in [1.165, 1.54) is 12.1 Å². The minimum Gasteiger partial charge on any atom is -0.507 e. The summed E-state index contributed by atoms with van der Waals surface area (Å²) in [6.45, 7) is 23.3. The Morgan fingerprint density at radius 3 is 2.09 bits per heavy atom. The summed E-state index contributed by atoms with van der Waals surface area (Å²) < 4.78 is 24.8. The number of benzene rings is 2. The highest BCUT2D eigenvalue weighted by molar-refractivity contribution is 5.96. The Hall–Kier alpha value is -4.72. The molecular formula is C38H40O8. The summed E-state index contributed by atoms with van der Waals surface area (Å²) in [5.41, 5.74) is -1.56. The topological polar surface area (TPSA) is 119 Å². The molecule has 0 bridgehead atoms. The van der Waals surface area contributed by atoms with Gasteiger partial charge < -0.3 is 28.5 Å². The van der Waals surface area contributed by atoms with E-state index in [9.17, 15) is 19.8 Å². The molecule has 0 saturated carbocycles. The molecule has 1 atom stereocenters. The molecule has 2 aliphatic rings. The Morgan fingerprint density at radius 2 is 1.46 bits per heavy atom. The summed E-state index contributed by atoms with van der Waals surface area (Å²) >= 11 is 0. The van der Waals surface area contributed by atoms with Gasteiger partial charge in [0, 0.05) is 45.1 Å². The van der Waals surface area contributed by atoms with Crippen LogP contribution in [0.1, 0.15) is 95.5 Å². The summed E-state index contributed by atoms with van der Waals surface area (Å²) in [6, 6.07) is 4.40. The standard InChI is InChI=1S/C38H40O8/c1-11-35(3,4)26-31-22(28(40)20-15-16-37(7,8)45-32(20)26)17-21(34(42)44-31)23-18-38(9,10)46-33-25(23)29(41)19-13-14-24(39)43-30(19)27(33)36(5,6)12-2/h11-17,23,40-41H,1-2,18H2,3-10H3/t23-/m0/s1. The molecule has 4 heterocycles. The largest absolute Gasteiger partial charge is 0.507 e. The van der Waals surface area contributed by atoms with Gasteiger partial charge in [-0.05, 0) is 58.4 Å². The molecule has 8 heteroatoms. The van der Waals surface area contributed by atoms with Gasteiger partial charge >= 0.3 is 11.3 Å². The Morgan fingerprint density at radius 1 is 0.848 bits per heavy atom. The molecule has 0 saturated heterocycles. The molecule has 0 aliphatic carbocycles. The van der Waals surface area contributed by atoms with Gasteiger partial charge in [-0.3, -0.25) is 0 Å². The SMILES string of the molecule is C=CC(C)(C)c1c2c(c(O)c3cc([C@@H]4CC(C)(C)Oc5c4c(O)c4ccc(=O)oc4c5C(C)(C)C=C)c(=O)oc13)C=CC(C)(C)O2. The number of phenols is 2. The summed E-state index contributed by atoms with van der Waals surface area (Å²) in [5, 5.41) is 24.1. The highest BCUT2D eigenvalue weighted by Crippen LogP contribution is 2.56. The van der Waals surface area contributed by atoms with E-state index in [1.54, 1.807) is 18.2 Å². The normalized spacial score (nSPS) is 18.4. The van der Waals surface area contributed by atoms with E-state index in [-0.39, 0.29) is 28.2 Å². The van der Waals surface area contributed by atoms with Gasteiger partial charge in [0.15, 0.2) is 0 Å². The van der Waals surface area contributed by atoms with Crippen LogP contribution in [0.4, 0.5) is 0 Å². The Balaban J connectivity index is 1.73. The van der Waals surface area contributed by atoms with Gasteiger partial charge in [0.1, 0.15) is 45.4 Å². The van der Waals surface area contributed by atoms with Crippen molar-refractivity contribution in [3.63, 3.8) is 0 Å². The van der Waals surface area contributed by atoms with Crippen LogP contribution in [0.5, 0.6) is 23.0 Å². The van der Waals surface area contributed by atoms with Gasteiger partial charge in [0.25, 0.3) is 0 Å². The highest BCUT2D eigenvalue weighted by Gasteiger charge is 2.44. The predicted molar refractivity (Wildman–Crippen MR) is 180 cm³/mol. The molecule has 0 radical (unpaired) electrons. The fourth-order valence-electron chi connectivity index (χ4n) is 6.68. The second-order valence-electron chi connectivity index (χ2n) is 14.7. The minimum absolute atomic E-state index is 0.0881. The maximum Gasteiger partial charge on any atom is 0.340 e. The van der Waals surface area contributed by atoms with Gasteiger partial charge in [0.05, 0.1) is 16.3 Å². The number of rotatable bonds is 5. The van der Waals surface area contributed by atoms with Crippen molar-refractivity contribution in [2.75, 3.05) is 0 Å². The van der Waals surface area contributed by atoms with Crippen LogP contribution in [0.3, 0.4) is 0 Å². The lowest BCUT2D eigenvalue weighted by atomic mass is 9.74. The van der Waals surface area contributed by atoms with Crippen molar-refractivity contribution in [1.29, 1.82) is 0 Å². The first-order chi connectivity index (χ1) is 21.3. The number of phenolic OH excluding ortho intramolecular Hbond substituents is 2. The molecular weight excluding hydrogens is 584 g/mol. The molecule has 0 unspecified atom stereocenters. The number of hydrogen-bond donors (Lipinski definition) is 2. The van der Waals surface area contributed by atoms with Crippen LogP contribution in [0, 0.1) is 0 Å². The van der Waals surface area contributed by atoms with E-state index in [4.69, 9.17) is 18.3 Å². The maximum atomic E-state index is 14.2. The van der Waals surface area contributed by atoms with Gasteiger partial charge in [0.2, 0.25) is 0 Å². The molecule has 2 aliphatic heterocycles. The first kappa shape index (κ1) is 31.3. The average molecular weight is 625 g/mol. The lowest BCUT2D eigenvalue weighted by Crippen LogP contribution is -2.38. The molecule has 0 amide bonds. The van der Waals surface area contributed by atoms with Gasteiger partial charge in [-0.2, -0.15) is 0 Å². The monoisotopic (exact) mass is 624 g/mol. The molecule has 46 heavy (non-hydrogen) atoms. The van der Waals surface area contributed by atoms with Crippen molar-refractivity contribution >= 4 is 28.0 Å². The zero-order valence-electron chi connectivity index (χ0n) is 27.6. The number of allylic oxidation sites excluding steroid dienone is 2. The van der Waals surface area contributed by atoms with Crippen LogP contribution >= 0.6 is 0 Å². The van der Waals surface area contributed by atoms with Crippen LogP contribution in [0.25, 0.3) is 28.0 Å². The van der Waals surface area contributed by atoms with E-state index >= 15 is 0 Å². The smallest absolute Gasteiger partial charge is 0.340 e. The zero-order valence-corrected chi connectivity index (χ0v) is 27.6. The summed E-state index contributed by atoms with van der Waals surface area (Å²) in [7, 11) is 0. The summed E-state index contributed by atoms with van der Waals surface area (Å²) in [6.07, 6.45) is 7.46. The fraction of sp³-hybridized carbons (Fsp3) is 0.368. The second kappa shape index (κ2) is 9.89. The van der Waals surface area contributed by atoms with E-state index in [0.717, 1.165) is 0 Å². The molecule has 240 valence electrons. The number of ether oxygens (including phenoxy) is 2. The summed E-state index contributed by atoms with van der Waals surface area (Å²) in [4.78, 5) is 26.5. The molecule has 0 spiro atoms. The third-order valence-corrected chi connectivity index (χ3v) is 9.35. The lowest BCUT2D eigenvalue weighted by molar-refractivity contribution is 0.0739. The zero-order chi connectivity index (χ0) is 33.7.